The average molecular weight is 209 g/mol. The van der Waals surface area contributed by atoms with E-state index in [4.69, 9.17) is 4.74 Å². The molecule has 4 nitrogen and oxygen atoms in total. The van der Waals surface area contributed by atoms with Crippen LogP contribution in [0, 0.1) is 12.8 Å². The van der Waals surface area contributed by atoms with Crippen LogP contribution >= 0.6 is 0 Å². The van der Waals surface area contributed by atoms with Gasteiger partial charge in [-0.15, -0.1) is 0 Å². The summed E-state index contributed by atoms with van der Waals surface area (Å²) in [5.74, 6) is 2.23. The number of nitrogens with zero attached hydrogens (tertiary/aromatic N) is 2. The molecule has 0 aliphatic heterocycles. The zero-order valence-corrected chi connectivity index (χ0v) is 9.66. The molecule has 0 atom stereocenters. The first kappa shape index (κ1) is 11.9. The highest BCUT2D eigenvalue weighted by Gasteiger charge is 1.95. The Labute approximate surface area is 91.1 Å². The molecule has 4 heteroatoms. The Balaban J connectivity index is 2.15. The van der Waals surface area contributed by atoms with E-state index in [1.807, 2.05) is 13.0 Å². The molecule has 1 rings (SSSR count). The SMILES string of the molecule is Cc1nccc(NCCOCC(C)C)n1. The van der Waals surface area contributed by atoms with Crippen molar-refractivity contribution >= 4 is 5.82 Å². The van der Waals surface area contributed by atoms with Gasteiger partial charge in [0.1, 0.15) is 11.6 Å². The van der Waals surface area contributed by atoms with Crippen LogP contribution in [0.5, 0.6) is 0 Å². The Morgan fingerprint density at radius 3 is 2.93 bits per heavy atom. The maximum Gasteiger partial charge on any atom is 0.129 e. The highest BCUT2D eigenvalue weighted by molar-refractivity contribution is 5.32. The minimum atomic E-state index is 0.589. The van der Waals surface area contributed by atoms with Crippen molar-refractivity contribution in [1.82, 2.24) is 9.97 Å². The van der Waals surface area contributed by atoms with Crippen molar-refractivity contribution in [2.24, 2.45) is 5.92 Å². The Morgan fingerprint density at radius 1 is 1.47 bits per heavy atom. The van der Waals surface area contributed by atoms with Gasteiger partial charge in [-0.3, -0.25) is 0 Å². The fourth-order valence-electron chi connectivity index (χ4n) is 1.12. The summed E-state index contributed by atoms with van der Waals surface area (Å²) in [7, 11) is 0. The quantitative estimate of drug-likeness (QED) is 0.726. The largest absolute Gasteiger partial charge is 0.379 e. The molecule has 0 bridgehead atoms. The minimum absolute atomic E-state index is 0.589. The van der Waals surface area contributed by atoms with Crippen LogP contribution in [0.4, 0.5) is 5.82 Å². The zero-order valence-electron chi connectivity index (χ0n) is 9.66. The number of hydrogen-bond donors (Lipinski definition) is 1. The Kier molecular flexibility index (Phi) is 5.04. The summed E-state index contributed by atoms with van der Waals surface area (Å²) in [6.45, 7) is 8.46. The first-order valence-corrected chi connectivity index (χ1v) is 5.29. The molecule has 15 heavy (non-hydrogen) atoms. The van der Waals surface area contributed by atoms with E-state index in [-0.39, 0.29) is 0 Å². The normalized spacial score (nSPS) is 10.7. The topological polar surface area (TPSA) is 47.0 Å². The molecule has 84 valence electrons. The molecule has 0 aliphatic carbocycles. The summed E-state index contributed by atoms with van der Waals surface area (Å²) in [6.07, 6.45) is 1.75. The number of nitrogens with one attached hydrogen (secondary N) is 1. The molecular weight excluding hydrogens is 190 g/mol. The second-order valence-corrected chi connectivity index (χ2v) is 3.88. The fraction of sp³-hybridized carbons (Fsp3) is 0.636. The first-order valence-electron chi connectivity index (χ1n) is 5.29. The third-order valence-corrected chi connectivity index (χ3v) is 1.78. The molecule has 1 aromatic heterocycles. The number of anilines is 1. The van der Waals surface area contributed by atoms with Crippen molar-refractivity contribution in [2.75, 3.05) is 25.1 Å². The molecule has 0 saturated carbocycles. The van der Waals surface area contributed by atoms with Crippen LogP contribution in [-0.2, 0) is 4.74 Å². The third-order valence-electron chi connectivity index (χ3n) is 1.78. The van der Waals surface area contributed by atoms with Gasteiger partial charge in [-0.05, 0) is 18.9 Å². The van der Waals surface area contributed by atoms with Crippen molar-refractivity contribution in [3.63, 3.8) is 0 Å². The lowest BCUT2D eigenvalue weighted by Gasteiger charge is -2.08. The second kappa shape index (κ2) is 6.35. The van der Waals surface area contributed by atoms with Gasteiger partial charge in [-0.1, -0.05) is 13.8 Å². The standard InChI is InChI=1S/C11H19N3O/c1-9(2)8-15-7-6-13-11-4-5-12-10(3)14-11/h4-5,9H,6-8H2,1-3H3,(H,12,13,14). The Hall–Kier alpha value is -1.16. The molecule has 0 saturated heterocycles. The molecule has 0 radical (unpaired) electrons. The van der Waals surface area contributed by atoms with Crippen LogP contribution in [-0.4, -0.2) is 29.7 Å². The Bertz CT molecular complexity index is 289. The van der Waals surface area contributed by atoms with E-state index in [1.165, 1.54) is 0 Å². The van der Waals surface area contributed by atoms with E-state index in [9.17, 15) is 0 Å². The molecule has 0 spiro atoms. The number of rotatable bonds is 6. The monoisotopic (exact) mass is 209 g/mol. The van der Waals surface area contributed by atoms with Crippen LogP contribution in [0.2, 0.25) is 0 Å². The smallest absolute Gasteiger partial charge is 0.129 e. The van der Waals surface area contributed by atoms with Crippen LogP contribution < -0.4 is 5.32 Å². The summed E-state index contributed by atoms with van der Waals surface area (Å²) in [5, 5.41) is 3.18. The molecule has 0 amide bonds. The Morgan fingerprint density at radius 2 is 2.27 bits per heavy atom. The van der Waals surface area contributed by atoms with Crippen LogP contribution in [0.3, 0.4) is 0 Å². The van der Waals surface area contributed by atoms with E-state index in [1.54, 1.807) is 6.20 Å². The summed E-state index contributed by atoms with van der Waals surface area (Å²) in [4.78, 5) is 8.25. The summed E-state index contributed by atoms with van der Waals surface area (Å²) >= 11 is 0. The number of aromatic nitrogens is 2. The van der Waals surface area contributed by atoms with E-state index in [2.05, 4.69) is 29.1 Å². The second-order valence-electron chi connectivity index (χ2n) is 3.88. The van der Waals surface area contributed by atoms with Gasteiger partial charge in [-0.2, -0.15) is 0 Å². The number of hydrogen-bond acceptors (Lipinski definition) is 4. The molecule has 1 N–H and O–H groups in total. The van der Waals surface area contributed by atoms with Crippen molar-refractivity contribution in [3.8, 4) is 0 Å². The van der Waals surface area contributed by atoms with E-state index < -0.39 is 0 Å². The van der Waals surface area contributed by atoms with Gasteiger partial charge < -0.3 is 10.1 Å². The average Bonchev–Trinajstić information content (AvgIpc) is 2.17. The maximum absolute atomic E-state index is 5.44. The van der Waals surface area contributed by atoms with Gasteiger partial charge >= 0.3 is 0 Å². The van der Waals surface area contributed by atoms with Gasteiger partial charge in [0.25, 0.3) is 0 Å². The third kappa shape index (κ3) is 5.32. The lowest BCUT2D eigenvalue weighted by Crippen LogP contribution is -2.13. The molecule has 0 fully saturated rings. The predicted molar refractivity (Wildman–Crippen MR) is 60.9 cm³/mol. The fourth-order valence-corrected chi connectivity index (χ4v) is 1.12. The van der Waals surface area contributed by atoms with E-state index in [0.29, 0.717) is 12.5 Å². The highest BCUT2D eigenvalue weighted by atomic mass is 16.5. The number of ether oxygens (including phenoxy) is 1. The van der Waals surface area contributed by atoms with E-state index in [0.717, 1.165) is 24.8 Å². The van der Waals surface area contributed by atoms with E-state index >= 15 is 0 Å². The van der Waals surface area contributed by atoms with Crippen molar-refractivity contribution < 1.29 is 4.74 Å². The lowest BCUT2D eigenvalue weighted by atomic mass is 10.2. The molecule has 0 unspecified atom stereocenters. The minimum Gasteiger partial charge on any atom is -0.379 e. The lowest BCUT2D eigenvalue weighted by molar-refractivity contribution is 0.118. The van der Waals surface area contributed by atoms with Crippen molar-refractivity contribution in [1.29, 1.82) is 0 Å². The molecular formula is C11H19N3O. The molecule has 1 aromatic rings. The first-order chi connectivity index (χ1) is 7.18. The van der Waals surface area contributed by atoms with Gasteiger partial charge in [0.05, 0.1) is 6.61 Å². The molecule has 1 heterocycles. The van der Waals surface area contributed by atoms with Gasteiger partial charge in [0.15, 0.2) is 0 Å². The molecule has 0 aliphatic rings. The summed E-state index contributed by atoms with van der Waals surface area (Å²) < 4.78 is 5.44. The van der Waals surface area contributed by atoms with Crippen LogP contribution in [0.15, 0.2) is 12.3 Å². The molecule has 0 aromatic carbocycles. The van der Waals surface area contributed by atoms with Crippen LogP contribution in [0.1, 0.15) is 19.7 Å². The van der Waals surface area contributed by atoms with Crippen LogP contribution in [0.25, 0.3) is 0 Å². The van der Waals surface area contributed by atoms with Gasteiger partial charge in [-0.25, -0.2) is 9.97 Å². The van der Waals surface area contributed by atoms with Gasteiger partial charge in [0, 0.05) is 19.3 Å². The maximum atomic E-state index is 5.44. The summed E-state index contributed by atoms with van der Waals surface area (Å²) in [5.41, 5.74) is 0. The number of aryl methyl sites for hydroxylation is 1. The highest BCUT2D eigenvalue weighted by Crippen LogP contribution is 2.00. The zero-order chi connectivity index (χ0) is 11.1. The van der Waals surface area contributed by atoms with Gasteiger partial charge in [0.2, 0.25) is 0 Å². The summed E-state index contributed by atoms with van der Waals surface area (Å²) in [6, 6.07) is 1.86. The predicted octanol–water partition coefficient (Wildman–Crippen LogP) is 1.87. The van der Waals surface area contributed by atoms with Crippen molar-refractivity contribution in [3.05, 3.63) is 18.1 Å². The van der Waals surface area contributed by atoms with Crippen molar-refractivity contribution in [2.45, 2.75) is 20.8 Å².